The molecule has 1 aromatic heterocycles. The summed E-state index contributed by atoms with van der Waals surface area (Å²) in [5, 5.41) is 10.5. The Balaban J connectivity index is 2.18. The molecule has 0 aliphatic heterocycles. The molecule has 0 radical (unpaired) electrons. The van der Waals surface area contributed by atoms with Crippen LogP contribution in [0.4, 0.5) is 0 Å². The van der Waals surface area contributed by atoms with E-state index in [4.69, 9.17) is 4.42 Å². The fourth-order valence-corrected chi connectivity index (χ4v) is 3.81. The van der Waals surface area contributed by atoms with Crippen LogP contribution in [0, 0.1) is 0 Å². The fourth-order valence-electron chi connectivity index (χ4n) is 3.81. The predicted molar refractivity (Wildman–Crippen MR) is 88.6 cm³/mol. The molecule has 0 N–H and O–H groups in total. The molecule has 6 aromatic rings. The average Bonchev–Trinajstić information content (AvgIpc) is 3.31. The van der Waals surface area contributed by atoms with Gasteiger partial charge in [0.1, 0.15) is 0 Å². The summed E-state index contributed by atoms with van der Waals surface area (Å²) in [5.74, 6) is 0. The van der Waals surface area contributed by atoms with Crippen LogP contribution in [0.3, 0.4) is 0 Å². The van der Waals surface area contributed by atoms with Crippen LogP contribution in [-0.2, 0) is 0 Å². The Hall–Kier alpha value is -2.80. The van der Waals surface area contributed by atoms with Crippen molar-refractivity contribution in [1.29, 1.82) is 0 Å². The minimum absolute atomic E-state index is 1.03. The summed E-state index contributed by atoms with van der Waals surface area (Å²) in [6, 6.07) is 21.8. The summed E-state index contributed by atoms with van der Waals surface area (Å²) >= 11 is 0. The number of rotatable bonds is 0. The van der Waals surface area contributed by atoms with E-state index in [1.54, 1.807) is 0 Å². The molecule has 21 heavy (non-hydrogen) atoms. The topological polar surface area (TPSA) is 13.1 Å². The Morgan fingerprint density at radius 1 is 0.571 bits per heavy atom. The van der Waals surface area contributed by atoms with Gasteiger partial charge in [-0.25, -0.2) is 0 Å². The summed E-state index contributed by atoms with van der Waals surface area (Å²) < 4.78 is 5.74. The molecule has 0 saturated heterocycles. The van der Waals surface area contributed by atoms with E-state index in [0.717, 1.165) is 11.2 Å². The summed E-state index contributed by atoms with van der Waals surface area (Å²) in [5.41, 5.74) is 2.10. The molecule has 6 rings (SSSR count). The van der Waals surface area contributed by atoms with Gasteiger partial charge in [-0.15, -0.1) is 0 Å². The van der Waals surface area contributed by atoms with Gasteiger partial charge in [-0.1, -0.05) is 54.6 Å². The van der Waals surface area contributed by atoms with Crippen molar-refractivity contribution >= 4 is 54.3 Å². The van der Waals surface area contributed by atoms with E-state index in [-0.39, 0.29) is 0 Å². The Kier molecular flexibility index (Phi) is 1.47. The number of fused-ring (bicyclic) bond motifs is 5. The van der Waals surface area contributed by atoms with Crippen molar-refractivity contribution in [2.24, 2.45) is 0 Å². The smallest absolute Gasteiger partial charge is 0.178 e. The van der Waals surface area contributed by atoms with E-state index >= 15 is 0 Å². The highest BCUT2D eigenvalue weighted by molar-refractivity contribution is 6.38. The van der Waals surface area contributed by atoms with E-state index < -0.39 is 0 Å². The number of hydrogen-bond donors (Lipinski definition) is 0. The molecule has 0 aliphatic rings. The van der Waals surface area contributed by atoms with Gasteiger partial charge in [0.2, 0.25) is 0 Å². The van der Waals surface area contributed by atoms with Crippen LogP contribution in [-0.4, -0.2) is 0 Å². The zero-order valence-electron chi connectivity index (χ0n) is 11.2. The maximum absolute atomic E-state index is 5.74. The Morgan fingerprint density at radius 3 is 2.29 bits per heavy atom. The molecule has 0 aliphatic carbocycles. The minimum atomic E-state index is 1.03. The average molecular weight is 266 g/mol. The normalized spacial score (nSPS) is 12.8. The van der Waals surface area contributed by atoms with Crippen molar-refractivity contribution in [2.45, 2.75) is 0 Å². The van der Waals surface area contributed by atoms with Crippen LogP contribution in [0.5, 0.6) is 0 Å². The van der Waals surface area contributed by atoms with Gasteiger partial charge in [0.15, 0.2) is 11.2 Å². The van der Waals surface area contributed by atoms with Gasteiger partial charge in [0.25, 0.3) is 0 Å². The van der Waals surface area contributed by atoms with Crippen molar-refractivity contribution in [3.63, 3.8) is 0 Å². The van der Waals surface area contributed by atoms with Crippen LogP contribution in [0.25, 0.3) is 54.3 Å². The highest BCUT2D eigenvalue weighted by Crippen LogP contribution is 2.46. The molecule has 0 saturated carbocycles. The highest BCUT2D eigenvalue weighted by atomic mass is 16.4. The van der Waals surface area contributed by atoms with Crippen molar-refractivity contribution in [3.05, 3.63) is 60.7 Å². The molecule has 1 nitrogen and oxygen atoms in total. The van der Waals surface area contributed by atoms with Crippen LogP contribution >= 0.6 is 0 Å². The fraction of sp³-hybridized carbons (Fsp3) is 0. The van der Waals surface area contributed by atoms with Crippen LogP contribution in [0.1, 0.15) is 0 Å². The third-order valence-corrected chi connectivity index (χ3v) is 4.72. The van der Waals surface area contributed by atoms with Crippen molar-refractivity contribution in [3.8, 4) is 0 Å². The van der Waals surface area contributed by atoms with Gasteiger partial charge in [-0.3, -0.25) is 0 Å². The molecule has 1 heterocycles. The first-order valence-corrected chi connectivity index (χ1v) is 7.22. The molecule has 0 atom stereocenters. The van der Waals surface area contributed by atoms with E-state index in [9.17, 15) is 0 Å². The lowest BCUT2D eigenvalue weighted by Gasteiger charge is -2.12. The third kappa shape index (κ3) is 1.06. The van der Waals surface area contributed by atoms with Gasteiger partial charge in [0, 0.05) is 10.8 Å². The van der Waals surface area contributed by atoms with E-state index in [2.05, 4.69) is 60.7 Å². The maximum atomic E-state index is 5.74. The lowest BCUT2D eigenvalue weighted by atomic mass is 9.89. The van der Waals surface area contributed by atoms with Gasteiger partial charge in [-0.05, 0) is 38.4 Å². The molecule has 1 heteroatoms. The highest BCUT2D eigenvalue weighted by Gasteiger charge is 2.20. The van der Waals surface area contributed by atoms with Gasteiger partial charge in [0.05, 0.1) is 0 Å². The molecule has 96 valence electrons. The van der Waals surface area contributed by atoms with Crippen molar-refractivity contribution in [1.82, 2.24) is 0 Å². The first kappa shape index (κ1) is 10.0. The number of hydrogen-bond acceptors (Lipinski definition) is 1. The van der Waals surface area contributed by atoms with E-state index in [1.165, 1.54) is 43.1 Å². The van der Waals surface area contributed by atoms with Gasteiger partial charge >= 0.3 is 0 Å². The van der Waals surface area contributed by atoms with Crippen LogP contribution in [0.15, 0.2) is 65.1 Å². The summed E-state index contributed by atoms with van der Waals surface area (Å²) in [6.07, 6.45) is 0. The van der Waals surface area contributed by atoms with Crippen molar-refractivity contribution in [2.75, 3.05) is 0 Å². The zero-order valence-corrected chi connectivity index (χ0v) is 11.2. The largest absolute Gasteiger partial charge is 0.449 e. The summed E-state index contributed by atoms with van der Waals surface area (Å²) in [7, 11) is 0. The third-order valence-electron chi connectivity index (χ3n) is 4.72. The van der Waals surface area contributed by atoms with E-state index in [0.29, 0.717) is 0 Å². The Bertz CT molecular complexity index is 1240. The SMILES string of the molecule is c1ccc2c(c1)c1cccc3ccc4cc5oc5c2c4c31. The summed E-state index contributed by atoms with van der Waals surface area (Å²) in [4.78, 5) is 0. The monoisotopic (exact) mass is 266 g/mol. The summed E-state index contributed by atoms with van der Waals surface area (Å²) in [6.45, 7) is 0. The molecule has 0 unspecified atom stereocenters. The molecule has 0 bridgehead atoms. The van der Waals surface area contributed by atoms with Gasteiger partial charge in [-0.2, -0.15) is 0 Å². The molecule has 0 amide bonds. The molecule has 0 spiro atoms. The van der Waals surface area contributed by atoms with Crippen LogP contribution in [0.2, 0.25) is 0 Å². The second-order valence-corrected chi connectivity index (χ2v) is 5.79. The minimum Gasteiger partial charge on any atom is -0.449 e. The standard InChI is InChI=1S/C20H10O/c1-2-6-15-13(5-1)14-7-3-4-11-8-9-12-10-16-20(21-16)19(15)18(12)17(11)14/h1-10H. The first-order chi connectivity index (χ1) is 10.4. The van der Waals surface area contributed by atoms with Crippen molar-refractivity contribution < 1.29 is 4.42 Å². The maximum Gasteiger partial charge on any atom is 0.178 e. The van der Waals surface area contributed by atoms with E-state index in [1.807, 2.05) is 0 Å². The zero-order chi connectivity index (χ0) is 13.6. The lowest BCUT2D eigenvalue weighted by Crippen LogP contribution is -1.85. The second-order valence-electron chi connectivity index (χ2n) is 5.79. The Morgan fingerprint density at radius 2 is 1.33 bits per heavy atom. The van der Waals surface area contributed by atoms with Gasteiger partial charge < -0.3 is 4.42 Å². The number of benzene rings is 5. The first-order valence-electron chi connectivity index (χ1n) is 7.22. The predicted octanol–water partition coefficient (Wildman–Crippen LogP) is 5.92. The second kappa shape index (κ2) is 3.09. The molecule has 0 fully saturated rings. The van der Waals surface area contributed by atoms with Crippen LogP contribution < -0.4 is 0 Å². The quantitative estimate of drug-likeness (QED) is 0.245. The molecule has 5 aromatic carbocycles. The lowest BCUT2D eigenvalue weighted by molar-refractivity contribution is 0.760. The molecular weight excluding hydrogens is 256 g/mol. The Labute approximate surface area is 120 Å². The molecular formula is C20H10O.